The van der Waals surface area contributed by atoms with Crippen molar-refractivity contribution in [3.8, 4) is 0 Å². The summed E-state index contributed by atoms with van der Waals surface area (Å²) in [5, 5.41) is 48.6. The molecule has 25 heavy (non-hydrogen) atoms. The molecule has 134 valence electrons. The maximum absolute atomic E-state index is 12.5. The maximum atomic E-state index is 12.5. The Bertz CT molecular complexity index is 739. The monoisotopic (exact) mass is 352 g/mol. The van der Waals surface area contributed by atoms with Crippen LogP contribution in [-0.4, -0.2) is 74.4 Å². The fraction of sp³-hybridized carbons (Fsp3) is 0.375. The van der Waals surface area contributed by atoms with Crippen LogP contribution in [0.1, 0.15) is 20.7 Å². The first-order valence-electron chi connectivity index (χ1n) is 7.45. The van der Waals surface area contributed by atoms with Crippen molar-refractivity contribution in [1.82, 2.24) is 0 Å². The first-order chi connectivity index (χ1) is 11.9. The summed E-state index contributed by atoms with van der Waals surface area (Å²) in [5.41, 5.74) is 0.0102. The average Bonchev–Trinajstić information content (AvgIpc) is 2.63. The van der Waals surface area contributed by atoms with E-state index in [4.69, 9.17) is 14.6 Å². The number of hydrogen-bond donors (Lipinski definition) is 5. The molecule has 0 amide bonds. The van der Waals surface area contributed by atoms with Crippen molar-refractivity contribution in [1.29, 1.82) is 0 Å². The fourth-order valence-corrected chi connectivity index (χ4v) is 2.73. The Balaban J connectivity index is 1.91. The lowest BCUT2D eigenvalue weighted by molar-refractivity contribution is -0.290. The summed E-state index contributed by atoms with van der Waals surface area (Å²) in [6, 6.07) is 5.80. The second kappa shape index (κ2) is 6.54. The van der Waals surface area contributed by atoms with Crippen molar-refractivity contribution in [3.05, 3.63) is 46.9 Å². The lowest BCUT2D eigenvalue weighted by atomic mass is 9.92. The number of fused-ring (bicyclic) bond motifs is 1. The zero-order valence-corrected chi connectivity index (χ0v) is 12.8. The molecule has 5 atom stereocenters. The van der Waals surface area contributed by atoms with Gasteiger partial charge in [0.05, 0.1) is 6.61 Å². The van der Waals surface area contributed by atoms with E-state index in [9.17, 15) is 30.0 Å². The summed E-state index contributed by atoms with van der Waals surface area (Å²) in [7, 11) is 0. The Labute approximate surface area is 141 Å². The van der Waals surface area contributed by atoms with E-state index in [1.54, 1.807) is 0 Å². The Morgan fingerprint density at radius 3 is 2.16 bits per heavy atom. The van der Waals surface area contributed by atoms with Crippen LogP contribution in [0, 0.1) is 0 Å². The third-order valence-corrected chi connectivity index (χ3v) is 4.14. The molecule has 3 rings (SSSR count). The van der Waals surface area contributed by atoms with Crippen molar-refractivity contribution >= 4 is 11.6 Å². The molecule has 2 aliphatic rings. The van der Waals surface area contributed by atoms with E-state index in [0.717, 1.165) is 0 Å². The Morgan fingerprint density at radius 1 is 0.960 bits per heavy atom. The van der Waals surface area contributed by atoms with Gasteiger partial charge in [0.15, 0.2) is 0 Å². The number of ketones is 2. The molecule has 1 aliphatic heterocycles. The minimum absolute atomic E-state index is 0.00453. The van der Waals surface area contributed by atoms with E-state index in [1.807, 2.05) is 0 Å². The zero-order valence-electron chi connectivity index (χ0n) is 12.8. The van der Waals surface area contributed by atoms with Gasteiger partial charge in [-0.05, 0) is 0 Å². The molecule has 0 aromatic heterocycles. The number of hydrogen-bond acceptors (Lipinski definition) is 9. The van der Waals surface area contributed by atoms with E-state index >= 15 is 0 Å². The molecule has 1 aliphatic carbocycles. The van der Waals surface area contributed by atoms with Gasteiger partial charge in [0.25, 0.3) is 0 Å². The van der Waals surface area contributed by atoms with Crippen LogP contribution >= 0.6 is 0 Å². The van der Waals surface area contributed by atoms with Gasteiger partial charge in [-0.1, -0.05) is 24.3 Å². The highest BCUT2D eigenvalue weighted by molar-refractivity contribution is 6.25. The molecule has 0 unspecified atom stereocenters. The number of Topliss-reactive ketones (excluding diaryl/α,β-unsaturated/α-hetero) is 2. The van der Waals surface area contributed by atoms with Gasteiger partial charge in [0, 0.05) is 11.1 Å². The summed E-state index contributed by atoms with van der Waals surface area (Å²) >= 11 is 0. The fourth-order valence-electron chi connectivity index (χ4n) is 2.73. The van der Waals surface area contributed by atoms with Gasteiger partial charge in [0.1, 0.15) is 24.4 Å². The van der Waals surface area contributed by atoms with Crippen LogP contribution in [0.5, 0.6) is 0 Å². The minimum Gasteiger partial charge on any atom is -0.501 e. The molecule has 5 N–H and O–H groups in total. The molecular formula is C16H16O9. The lowest BCUT2D eigenvalue weighted by Crippen LogP contribution is -2.59. The SMILES string of the molecule is O=C1C(O)=C(O[C@H]2O[C@@H](CO)[C@H](O)[C@@H](O)[C@@H]2O)C(=O)c2ccccc21. The first-order valence-corrected chi connectivity index (χ1v) is 7.45. The molecule has 1 aromatic rings. The van der Waals surface area contributed by atoms with Gasteiger partial charge in [-0.3, -0.25) is 9.59 Å². The second-order valence-electron chi connectivity index (χ2n) is 5.70. The third-order valence-electron chi connectivity index (χ3n) is 4.14. The summed E-state index contributed by atoms with van der Waals surface area (Å²) < 4.78 is 10.3. The van der Waals surface area contributed by atoms with Crippen LogP contribution in [0.2, 0.25) is 0 Å². The van der Waals surface area contributed by atoms with Crippen molar-refractivity contribution < 1.29 is 44.6 Å². The molecule has 9 heteroatoms. The summed E-state index contributed by atoms with van der Waals surface area (Å²) in [6.45, 7) is -0.689. The standard InChI is InChI=1S/C16H16O9/c17-5-8-11(20)12(21)14(23)16(24-8)25-15-10(19)7-4-2-1-3-6(7)9(18)13(15)22/h1-4,8,11-12,14,16-17,20-23H,5H2/t8-,11-,12+,14-,16+/m0/s1. The summed E-state index contributed by atoms with van der Waals surface area (Å²) in [6.07, 6.45) is -8.05. The van der Waals surface area contributed by atoms with Crippen LogP contribution in [0.25, 0.3) is 0 Å². The van der Waals surface area contributed by atoms with Gasteiger partial charge >= 0.3 is 0 Å². The average molecular weight is 352 g/mol. The largest absolute Gasteiger partial charge is 0.501 e. The minimum atomic E-state index is -1.78. The van der Waals surface area contributed by atoms with E-state index in [-0.39, 0.29) is 11.1 Å². The number of aliphatic hydroxyl groups is 5. The van der Waals surface area contributed by atoms with Gasteiger partial charge in [0.2, 0.25) is 29.4 Å². The van der Waals surface area contributed by atoms with E-state index in [2.05, 4.69) is 0 Å². The Morgan fingerprint density at radius 2 is 1.56 bits per heavy atom. The van der Waals surface area contributed by atoms with Crippen LogP contribution in [0.15, 0.2) is 35.8 Å². The smallest absolute Gasteiger partial charge is 0.232 e. The van der Waals surface area contributed by atoms with Crippen molar-refractivity contribution in [2.24, 2.45) is 0 Å². The van der Waals surface area contributed by atoms with Crippen LogP contribution in [0.3, 0.4) is 0 Å². The highest BCUT2D eigenvalue weighted by Crippen LogP contribution is 2.30. The number of carbonyl (C=O) groups excluding carboxylic acids is 2. The van der Waals surface area contributed by atoms with Gasteiger partial charge < -0.3 is 35.0 Å². The summed E-state index contributed by atoms with van der Waals surface area (Å²) in [4.78, 5) is 24.6. The number of aliphatic hydroxyl groups excluding tert-OH is 5. The Hall–Kier alpha value is -2.30. The molecule has 0 saturated carbocycles. The van der Waals surface area contributed by atoms with Gasteiger partial charge in [-0.25, -0.2) is 0 Å². The number of benzene rings is 1. The van der Waals surface area contributed by atoms with Crippen molar-refractivity contribution in [2.75, 3.05) is 6.61 Å². The molecule has 1 fully saturated rings. The Kier molecular flexibility index (Phi) is 4.58. The topological polar surface area (TPSA) is 154 Å². The van der Waals surface area contributed by atoms with Gasteiger partial charge in [-0.2, -0.15) is 0 Å². The number of allylic oxidation sites excluding steroid dienone is 2. The first kappa shape index (κ1) is 17.5. The maximum Gasteiger partial charge on any atom is 0.232 e. The molecule has 0 radical (unpaired) electrons. The summed E-state index contributed by atoms with van der Waals surface area (Å²) in [5.74, 6) is -3.34. The molecule has 0 spiro atoms. The van der Waals surface area contributed by atoms with Gasteiger partial charge in [-0.15, -0.1) is 0 Å². The molecule has 1 saturated heterocycles. The molecule has 9 nitrogen and oxygen atoms in total. The number of rotatable bonds is 3. The molecular weight excluding hydrogens is 336 g/mol. The van der Waals surface area contributed by atoms with Crippen LogP contribution in [0.4, 0.5) is 0 Å². The normalized spacial score (nSPS) is 32.6. The highest BCUT2D eigenvalue weighted by atomic mass is 16.7. The van der Waals surface area contributed by atoms with Crippen LogP contribution in [-0.2, 0) is 9.47 Å². The zero-order chi connectivity index (χ0) is 18.3. The van der Waals surface area contributed by atoms with E-state index in [0.29, 0.717) is 0 Å². The number of carbonyl (C=O) groups is 2. The predicted molar refractivity (Wildman–Crippen MR) is 79.6 cm³/mol. The molecule has 1 heterocycles. The highest BCUT2D eigenvalue weighted by Gasteiger charge is 2.46. The number of ether oxygens (including phenoxy) is 2. The van der Waals surface area contributed by atoms with E-state index in [1.165, 1.54) is 24.3 Å². The second-order valence-corrected chi connectivity index (χ2v) is 5.70. The molecule has 1 aromatic carbocycles. The quantitative estimate of drug-likeness (QED) is 0.444. The predicted octanol–water partition coefficient (Wildman–Crippen LogP) is -1.35. The third kappa shape index (κ3) is 2.81. The van der Waals surface area contributed by atoms with Crippen LogP contribution < -0.4 is 0 Å². The van der Waals surface area contributed by atoms with Crippen molar-refractivity contribution in [3.63, 3.8) is 0 Å². The lowest BCUT2D eigenvalue weighted by Gasteiger charge is -2.39. The molecule has 0 bridgehead atoms. The van der Waals surface area contributed by atoms with Crippen molar-refractivity contribution in [2.45, 2.75) is 30.7 Å². The van der Waals surface area contributed by atoms with E-state index < -0.39 is 60.4 Å².